The van der Waals surface area contributed by atoms with E-state index in [1.807, 2.05) is 6.92 Å². The van der Waals surface area contributed by atoms with Gasteiger partial charge in [-0.1, -0.05) is 0 Å². The van der Waals surface area contributed by atoms with Gasteiger partial charge in [-0.15, -0.1) is 0 Å². The Morgan fingerprint density at radius 2 is 2.17 bits per heavy atom. The maximum atomic E-state index is 8.71. The maximum absolute atomic E-state index is 8.71. The van der Waals surface area contributed by atoms with Gasteiger partial charge in [-0.05, 0) is 13.0 Å². The van der Waals surface area contributed by atoms with Gasteiger partial charge in [0.05, 0.1) is 13.2 Å². The first-order valence-electron chi connectivity index (χ1n) is 3.93. The second-order valence-corrected chi connectivity index (χ2v) is 2.63. The van der Waals surface area contributed by atoms with Crippen molar-refractivity contribution in [1.82, 2.24) is 15.3 Å². The molecule has 1 aromatic rings. The number of rotatable bonds is 4. The monoisotopic (exact) mass is 167 g/mol. The first kappa shape index (κ1) is 9.09. The Labute approximate surface area is 71.7 Å². The fourth-order valence-corrected chi connectivity index (χ4v) is 0.751. The van der Waals surface area contributed by atoms with E-state index < -0.39 is 0 Å². The van der Waals surface area contributed by atoms with Gasteiger partial charge >= 0.3 is 0 Å². The molecule has 2 N–H and O–H groups in total. The van der Waals surface area contributed by atoms with Gasteiger partial charge in [0.15, 0.2) is 0 Å². The van der Waals surface area contributed by atoms with Crippen LogP contribution in [0.5, 0.6) is 0 Å². The highest BCUT2D eigenvalue weighted by Gasteiger charge is 1.99. The molecule has 0 saturated carbocycles. The molecule has 1 heterocycles. The van der Waals surface area contributed by atoms with E-state index in [0.717, 1.165) is 5.82 Å². The average Bonchev–Trinajstić information content (AvgIpc) is 2.16. The van der Waals surface area contributed by atoms with Crippen LogP contribution in [-0.4, -0.2) is 27.7 Å². The van der Waals surface area contributed by atoms with Crippen LogP contribution in [0.25, 0.3) is 0 Å². The first-order valence-corrected chi connectivity index (χ1v) is 3.93. The minimum atomic E-state index is 0.0915. The number of aliphatic hydroxyl groups excluding tert-OH is 1. The van der Waals surface area contributed by atoms with Crippen molar-refractivity contribution in [3.63, 3.8) is 0 Å². The molecule has 0 saturated heterocycles. The summed E-state index contributed by atoms with van der Waals surface area (Å²) < 4.78 is 0. The first-order chi connectivity index (χ1) is 5.83. The van der Waals surface area contributed by atoms with Crippen molar-refractivity contribution < 1.29 is 5.11 Å². The van der Waals surface area contributed by atoms with Crippen molar-refractivity contribution in [3.8, 4) is 0 Å². The number of aromatic nitrogens is 2. The lowest BCUT2D eigenvalue weighted by molar-refractivity contribution is 0.250. The van der Waals surface area contributed by atoms with Crippen LogP contribution in [-0.2, 0) is 6.54 Å². The molecule has 66 valence electrons. The Kier molecular flexibility index (Phi) is 3.63. The zero-order valence-electron chi connectivity index (χ0n) is 7.07. The summed E-state index contributed by atoms with van der Waals surface area (Å²) in [4.78, 5) is 8.06. The molecule has 4 heteroatoms. The van der Waals surface area contributed by atoms with Crippen LogP contribution in [0.2, 0.25) is 0 Å². The summed E-state index contributed by atoms with van der Waals surface area (Å²) >= 11 is 0. The number of hydrogen-bond acceptors (Lipinski definition) is 4. The maximum Gasteiger partial charge on any atom is 0.141 e. The quantitative estimate of drug-likeness (QED) is 0.660. The van der Waals surface area contributed by atoms with E-state index in [0.29, 0.717) is 6.54 Å². The average molecular weight is 167 g/mol. The predicted molar refractivity (Wildman–Crippen MR) is 45.4 cm³/mol. The third-order valence-corrected chi connectivity index (χ3v) is 1.50. The van der Waals surface area contributed by atoms with Crippen LogP contribution in [0.1, 0.15) is 12.7 Å². The molecule has 1 unspecified atom stereocenters. The highest BCUT2D eigenvalue weighted by Crippen LogP contribution is 1.87. The Hall–Kier alpha value is -1.00. The van der Waals surface area contributed by atoms with Crippen LogP contribution in [0, 0.1) is 0 Å². The van der Waals surface area contributed by atoms with E-state index in [4.69, 9.17) is 5.11 Å². The molecule has 0 amide bonds. The summed E-state index contributed by atoms with van der Waals surface area (Å²) in [6, 6.07) is 1.87. The molecule has 0 aliphatic heterocycles. The molecule has 0 aromatic carbocycles. The lowest BCUT2D eigenvalue weighted by Crippen LogP contribution is -2.29. The molecule has 1 rings (SSSR count). The zero-order valence-corrected chi connectivity index (χ0v) is 7.07. The normalized spacial score (nSPS) is 12.8. The van der Waals surface area contributed by atoms with Gasteiger partial charge in [0.25, 0.3) is 0 Å². The van der Waals surface area contributed by atoms with Gasteiger partial charge in [-0.25, -0.2) is 9.97 Å². The van der Waals surface area contributed by atoms with Crippen molar-refractivity contribution >= 4 is 0 Å². The summed E-state index contributed by atoms with van der Waals surface area (Å²) in [5, 5.41) is 11.8. The van der Waals surface area contributed by atoms with Crippen molar-refractivity contribution in [2.45, 2.75) is 19.5 Å². The van der Waals surface area contributed by atoms with E-state index >= 15 is 0 Å². The Balaban J connectivity index is 2.33. The Morgan fingerprint density at radius 3 is 2.75 bits per heavy atom. The fourth-order valence-electron chi connectivity index (χ4n) is 0.751. The molecule has 12 heavy (non-hydrogen) atoms. The molecule has 0 spiro atoms. The van der Waals surface area contributed by atoms with Gasteiger partial charge in [0.1, 0.15) is 5.82 Å². The minimum Gasteiger partial charge on any atom is -0.395 e. The predicted octanol–water partition coefficient (Wildman–Crippen LogP) is -0.0530. The molecule has 4 nitrogen and oxygen atoms in total. The highest BCUT2D eigenvalue weighted by molar-refractivity contribution is 4.88. The topological polar surface area (TPSA) is 58.0 Å². The van der Waals surface area contributed by atoms with Gasteiger partial charge in [0, 0.05) is 18.4 Å². The summed E-state index contributed by atoms with van der Waals surface area (Å²) in [6.45, 7) is 2.64. The lowest BCUT2D eigenvalue weighted by atomic mass is 10.3. The SMILES string of the molecule is CC(CO)NCc1ncccn1. The molecular weight excluding hydrogens is 154 g/mol. The van der Waals surface area contributed by atoms with Crippen LogP contribution in [0.3, 0.4) is 0 Å². The van der Waals surface area contributed by atoms with E-state index in [1.54, 1.807) is 18.5 Å². The van der Waals surface area contributed by atoms with E-state index in [-0.39, 0.29) is 12.6 Å². The molecule has 0 bridgehead atoms. The zero-order chi connectivity index (χ0) is 8.81. The van der Waals surface area contributed by atoms with Gasteiger partial charge in [-0.3, -0.25) is 0 Å². The van der Waals surface area contributed by atoms with Crippen molar-refractivity contribution in [3.05, 3.63) is 24.3 Å². The third kappa shape index (κ3) is 2.94. The number of aliphatic hydroxyl groups is 1. The second kappa shape index (κ2) is 4.79. The Bertz CT molecular complexity index is 215. The molecular formula is C8H13N3O. The van der Waals surface area contributed by atoms with Crippen LogP contribution in [0.15, 0.2) is 18.5 Å². The number of nitrogens with zero attached hydrogens (tertiary/aromatic N) is 2. The molecule has 1 aromatic heterocycles. The van der Waals surface area contributed by atoms with Crippen LogP contribution in [0.4, 0.5) is 0 Å². The molecule has 0 aliphatic carbocycles. The summed E-state index contributed by atoms with van der Waals surface area (Å²) in [5.41, 5.74) is 0. The standard InChI is InChI=1S/C8H13N3O/c1-7(6-12)11-5-8-9-3-2-4-10-8/h2-4,7,11-12H,5-6H2,1H3. The molecule has 0 fully saturated rings. The smallest absolute Gasteiger partial charge is 0.141 e. The van der Waals surface area contributed by atoms with E-state index in [2.05, 4.69) is 15.3 Å². The van der Waals surface area contributed by atoms with E-state index in [9.17, 15) is 0 Å². The van der Waals surface area contributed by atoms with Gasteiger partial charge < -0.3 is 10.4 Å². The van der Waals surface area contributed by atoms with Crippen LogP contribution < -0.4 is 5.32 Å². The lowest BCUT2D eigenvalue weighted by Gasteiger charge is -2.08. The summed E-state index contributed by atoms with van der Waals surface area (Å²) in [7, 11) is 0. The van der Waals surface area contributed by atoms with Crippen molar-refractivity contribution in [1.29, 1.82) is 0 Å². The van der Waals surface area contributed by atoms with E-state index in [1.165, 1.54) is 0 Å². The van der Waals surface area contributed by atoms with Crippen LogP contribution >= 0.6 is 0 Å². The van der Waals surface area contributed by atoms with Crippen molar-refractivity contribution in [2.75, 3.05) is 6.61 Å². The second-order valence-electron chi connectivity index (χ2n) is 2.63. The van der Waals surface area contributed by atoms with Gasteiger partial charge in [0.2, 0.25) is 0 Å². The largest absolute Gasteiger partial charge is 0.395 e. The number of hydrogen-bond donors (Lipinski definition) is 2. The van der Waals surface area contributed by atoms with Gasteiger partial charge in [-0.2, -0.15) is 0 Å². The van der Waals surface area contributed by atoms with Crippen molar-refractivity contribution in [2.24, 2.45) is 0 Å². The molecule has 0 aliphatic rings. The Morgan fingerprint density at radius 1 is 1.50 bits per heavy atom. The highest BCUT2D eigenvalue weighted by atomic mass is 16.3. The fraction of sp³-hybridized carbons (Fsp3) is 0.500. The third-order valence-electron chi connectivity index (χ3n) is 1.50. The minimum absolute atomic E-state index is 0.0915. The number of nitrogens with one attached hydrogen (secondary N) is 1. The molecule has 0 radical (unpaired) electrons. The summed E-state index contributed by atoms with van der Waals surface area (Å²) in [5.74, 6) is 0.748. The molecule has 1 atom stereocenters. The summed E-state index contributed by atoms with van der Waals surface area (Å²) in [6.07, 6.45) is 3.40.